The Kier molecular flexibility index (Phi) is 4.03. The first kappa shape index (κ1) is 12.7. The van der Waals surface area contributed by atoms with Gasteiger partial charge in [0, 0.05) is 24.6 Å². The monoisotopic (exact) mass is 225 g/mol. The lowest BCUT2D eigenvalue weighted by Crippen LogP contribution is -2.33. The van der Waals surface area contributed by atoms with Crippen molar-refractivity contribution in [2.75, 3.05) is 13.6 Å². The normalized spacial score (nSPS) is 10.1. The van der Waals surface area contributed by atoms with Crippen LogP contribution in [0.3, 0.4) is 0 Å². The van der Waals surface area contributed by atoms with E-state index in [4.69, 9.17) is 10.0 Å². The van der Waals surface area contributed by atoms with E-state index in [1.165, 1.54) is 17.0 Å². The van der Waals surface area contributed by atoms with Gasteiger partial charge in [-0.1, -0.05) is 6.07 Å². The van der Waals surface area contributed by atoms with E-state index in [0.717, 1.165) is 6.07 Å². The molecule has 0 radical (unpaired) electrons. The SMILES string of the molecule is CCN(C)C(=O)c1ccc(B(O)O)c(F)c1. The third kappa shape index (κ3) is 2.59. The predicted octanol–water partition coefficient (Wildman–Crippen LogP) is -0.403. The van der Waals surface area contributed by atoms with Crippen molar-refractivity contribution in [3.63, 3.8) is 0 Å². The third-order valence-corrected chi connectivity index (χ3v) is 2.35. The number of hydrogen-bond acceptors (Lipinski definition) is 3. The van der Waals surface area contributed by atoms with Gasteiger partial charge in [0.25, 0.3) is 5.91 Å². The second kappa shape index (κ2) is 5.09. The summed E-state index contributed by atoms with van der Waals surface area (Å²) in [4.78, 5) is 13.1. The topological polar surface area (TPSA) is 60.8 Å². The van der Waals surface area contributed by atoms with Gasteiger partial charge in [0.05, 0.1) is 0 Å². The zero-order valence-electron chi connectivity index (χ0n) is 9.14. The molecule has 0 aliphatic carbocycles. The van der Waals surface area contributed by atoms with Crippen LogP contribution in [0.1, 0.15) is 17.3 Å². The van der Waals surface area contributed by atoms with Crippen LogP contribution >= 0.6 is 0 Å². The molecule has 86 valence electrons. The molecule has 0 unspecified atom stereocenters. The number of halogens is 1. The fourth-order valence-electron chi connectivity index (χ4n) is 1.23. The van der Waals surface area contributed by atoms with Crippen LogP contribution in [-0.2, 0) is 0 Å². The van der Waals surface area contributed by atoms with E-state index in [1.54, 1.807) is 14.0 Å². The Bertz CT molecular complexity index is 398. The van der Waals surface area contributed by atoms with Crippen LogP contribution in [0.15, 0.2) is 18.2 Å². The Morgan fingerprint density at radius 1 is 1.50 bits per heavy atom. The minimum Gasteiger partial charge on any atom is -0.423 e. The van der Waals surface area contributed by atoms with Gasteiger partial charge in [-0.05, 0) is 19.1 Å². The highest BCUT2D eigenvalue weighted by Crippen LogP contribution is 2.05. The maximum Gasteiger partial charge on any atom is 0.491 e. The number of carbonyl (C=O) groups excluding carboxylic acids is 1. The van der Waals surface area contributed by atoms with Crippen molar-refractivity contribution in [2.24, 2.45) is 0 Å². The fourth-order valence-corrected chi connectivity index (χ4v) is 1.23. The maximum atomic E-state index is 13.3. The largest absolute Gasteiger partial charge is 0.491 e. The smallest absolute Gasteiger partial charge is 0.423 e. The van der Waals surface area contributed by atoms with Crippen LogP contribution in [0.4, 0.5) is 4.39 Å². The van der Waals surface area contributed by atoms with Gasteiger partial charge in [-0.25, -0.2) is 4.39 Å². The molecule has 0 fully saturated rings. The number of benzene rings is 1. The Morgan fingerprint density at radius 2 is 2.12 bits per heavy atom. The molecule has 1 rings (SSSR count). The van der Waals surface area contributed by atoms with Crippen LogP contribution < -0.4 is 5.46 Å². The molecule has 1 aromatic carbocycles. The van der Waals surface area contributed by atoms with Crippen molar-refractivity contribution in [1.29, 1.82) is 0 Å². The minimum atomic E-state index is -1.87. The van der Waals surface area contributed by atoms with E-state index in [9.17, 15) is 9.18 Å². The van der Waals surface area contributed by atoms with Crippen LogP contribution in [0.25, 0.3) is 0 Å². The summed E-state index contributed by atoms with van der Waals surface area (Å²) in [6.45, 7) is 2.32. The molecule has 0 atom stereocenters. The first-order valence-corrected chi connectivity index (χ1v) is 4.88. The third-order valence-electron chi connectivity index (χ3n) is 2.35. The quantitative estimate of drug-likeness (QED) is 0.688. The average Bonchev–Trinajstić information content (AvgIpc) is 2.26. The number of hydrogen-bond donors (Lipinski definition) is 2. The average molecular weight is 225 g/mol. The Hall–Kier alpha value is -1.40. The zero-order valence-corrected chi connectivity index (χ0v) is 9.14. The highest BCUT2D eigenvalue weighted by Gasteiger charge is 2.18. The van der Waals surface area contributed by atoms with Crippen LogP contribution in [0.2, 0.25) is 0 Å². The van der Waals surface area contributed by atoms with E-state index >= 15 is 0 Å². The zero-order chi connectivity index (χ0) is 12.3. The van der Waals surface area contributed by atoms with Gasteiger partial charge in [-0.2, -0.15) is 0 Å². The number of carbonyl (C=O) groups is 1. The highest BCUT2D eigenvalue weighted by molar-refractivity contribution is 6.58. The summed E-state index contributed by atoms with van der Waals surface area (Å²) in [5.74, 6) is -1.11. The summed E-state index contributed by atoms with van der Waals surface area (Å²) >= 11 is 0. The van der Waals surface area contributed by atoms with Crippen molar-refractivity contribution in [3.8, 4) is 0 Å². The predicted molar refractivity (Wildman–Crippen MR) is 58.9 cm³/mol. The van der Waals surface area contributed by atoms with Gasteiger partial charge in [0.15, 0.2) is 0 Å². The molecule has 16 heavy (non-hydrogen) atoms. The van der Waals surface area contributed by atoms with Crippen molar-refractivity contribution in [3.05, 3.63) is 29.6 Å². The number of rotatable bonds is 3. The van der Waals surface area contributed by atoms with Gasteiger partial charge < -0.3 is 14.9 Å². The molecule has 0 heterocycles. The maximum absolute atomic E-state index is 13.3. The summed E-state index contributed by atoms with van der Waals surface area (Å²) < 4.78 is 13.3. The van der Waals surface area contributed by atoms with Crippen LogP contribution in [0.5, 0.6) is 0 Å². The molecule has 1 amide bonds. The first-order valence-electron chi connectivity index (χ1n) is 4.88. The molecule has 1 aromatic rings. The van der Waals surface area contributed by atoms with E-state index in [1.807, 2.05) is 0 Å². The molecule has 2 N–H and O–H groups in total. The molecule has 0 saturated carbocycles. The summed E-state index contributed by atoms with van der Waals surface area (Å²) in [7, 11) is -0.261. The molecule has 6 heteroatoms. The molecule has 0 spiro atoms. The summed E-state index contributed by atoms with van der Waals surface area (Å²) in [6, 6.07) is 3.56. The van der Waals surface area contributed by atoms with Gasteiger partial charge in [-0.3, -0.25) is 4.79 Å². The van der Waals surface area contributed by atoms with E-state index < -0.39 is 12.9 Å². The number of nitrogens with zero attached hydrogens (tertiary/aromatic N) is 1. The lowest BCUT2D eigenvalue weighted by Gasteiger charge is -2.14. The summed E-state index contributed by atoms with van der Waals surface area (Å²) in [5, 5.41) is 17.6. The van der Waals surface area contributed by atoms with Gasteiger partial charge >= 0.3 is 7.12 Å². The van der Waals surface area contributed by atoms with Crippen molar-refractivity contribution >= 4 is 18.5 Å². The van der Waals surface area contributed by atoms with Crippen molar-refractivity contribution in [2.45, 2.75) is 6.92 Å². The summed E-state index contributed by atoms with van der Waals surface area (Å²) in [5.41, 5.74) is -0.0537. The molecule has 0 aliphatic heterocycles. The molecule has 0 saturated heterocycles. The Balaban J connectivity index is 3.02. The highest BCUT2D eigenvalue weighted by atomic mass is 19.1. The van der Waals surface area contributed by atoms with Crippen LogP contribution in [-0.4, -0.2) is 41.6 Å². The molecule has 0 aromatic heterocycles. The van der Waals surface area contributed by atoms with E-state index in [-0.39, 0.29) is 16.9 Å². The van der Waals surface area contributed by atoms with Gasteiger partial charge in [0.2, 0.25) is 0 Å². The lowest BCUT2D eigenvalue weighted by molar-refractivity contribution is 0.0802. The first-order chi connectivity index (χ1) is 7.47. The van der Waals surface area contributed by atoms with E-state index in [2.05, 4.69) is 0 Å². The molecular weight excluding hydrogens is 212 g/mol. The Labute approximate surface area is 93.5 Å². The van der Waals surface area contributed by atoms with Crippen LogP contribution in [0, 0.1) is 5.82 Å². The van der Waals surface area contributed by atoms with Crippen molar-refractivity contribution < 1.29 is 19.2 Å². The molecule has 4 nitrogen and oxygen atoms in total. The second-order valence-corrected chi connectivity index (χ2v) is 3.43. The Morgan fingerprint density at radius 3 is 2.56 bits per heavy atom. The lowest BCUT2D eigenvalue weighted by atomic mass is 9.79. The standard InChI is InChI=1S/C10H13BFNO3/c1-3-13(2)10(14)7-4-5-8(11(15)16)9(12)6-7/h4-6,15-16H,3H2,1-2H3. The molecular formula is C10H13BFNO3. The fraction of sp³-hybridized carbons (Fsp3) is 0.300. The van der Waals surface area contributed by atoms with Gasteiger partial charge in [-0.15, -0.1) is 0 Å². The van der Waals surface area contributed by atoms with Crippen molar-refractivity contribution in [1.82, 2.24) is 4.90 Å². The van der Waals surface area contributed by atoms with E-state index in [0.29, 0.717) is 6.54 Å². The molecule has 0 aliphatic rings. The minimum absolute atomic E-state index is 0.186. The number of amides is 1. The summed E-state index contributed by atoms with van der Waals surface area (Å²) in [6.07, 6.45) is 0. The van der Waals surface area contributed by atoms with Gasteiger partial charge in [0.1, 0.15) is 5.82 Å². The molecule has 0 bridgehead atoms. The second-order valence-electron chi connectivity index (χ2n) is 3.43.